The second kappa shape index (κ2) is 14.1. The van der Waals surface area contributed by atoms with E-state index in [2.05, 4.69) is 15.6 Å². The molecule has 9 nitrogen and oxygen atoms in total. The summed E-state index contributed by atoms with van der Waals surface area (Å²) in [5, 5.41) is 5.99. The van der Waals surface area contributed by atoms with Gasteiger partial charge in [0.2, 0.25) is 0 Å². The van der Waals surface area contributed by atoms with E-state index in [9.17, 15) is 9.59 Å². The molecule has 9 heteroatoms. The topological polar surface area (TPSA) is 108 Å². The molecule has 38 heavy (non-hydrogen) atoms. The van der Waals surface area contributed by atoms with Crippen LogP contribution in [0.2, 0.25) is 0 Å². The zero-order valence-electron chi connectivity index (χ0n) is 22.7. The van der Waals surface area contributed by atoms with Gasteiger partial charge in [-0.3, -0.25) is 4.98 Å². The van der Waals surface area contributed by atoms with Gasteiger partial charge < -0.3 is 29.6 Å². The van der Waals surface area contributed by atoms with Gasteiger partial charge in [-0.25, -0.2) is 9.59 Å². The Labute approximate surface area is 224 Å². The number of pyridine rings is 1. The lowest BCUT2D eigenvalue weighted by Gasteiger charge is -2.31. The van der Waals surface area contributed by atoms with Crippen LogP contribution in [0.4, 0.5) is 9.59 Å². The highest BCUT2D eigenvalue weighted by atomic mass is 16.7. The van der Waals surface area contributed by atoms with Gasteiger partial charge in [0.25, 0.3) is 0 Å². The molecule has 0 fully saturated rings. The zero-order valence-corrected chi connectivity index (χ0v) is 22.7. The Hall–Kier alpha value is -4.01. The van der Waals surface area contributed by atoms with Crippen molar-refractivity contribution in [1.82, 2.24) is 15.6 Å². The first kappa shape index (κ1) is 28.6. The van der Waals surface area contributed by atoms with E-state index in [1.54, 1.807) is 20.0 Å². The summed E-state index contributed by atoms with van der Waals surface area (Å²) in [6.07, 6.45) is 2.63. The van der Waals surface area contributed by atoms with Crippen molar-refractivity contribution in [3.8, 4) is 5.75 Å². The second-order valence-electron chi connectivity index (χ2n) is 9.08. The largest absolute Gasteiger partial charge is 0.513 e. The highest BCUT2D eigenvalue weighted by Gasteiger charge is 2.37. The summed E-state index contributed by atoms with van der Waals surface area (Å²) in [7, 11) is 0. The predicted octanol–water partition coefficient (Wildman–Crippen LogP) is 6.29. The Kier molecular flexibility index (Phi) is 10.6. The number of nitrogens with one attached hydrogen (secondary N) is 2. The molecule has 1 amide bonds. The van der Waals surface area contributed by atoms with Crippen LogP contribution >= 0.6 is 0 Å². The van der Waals surface area contributed by atoms with Crippen molar-refractivity contribution in [2.24, 2.45) is 0 Å². The number of para-hydroxylation sites is 1. The zero-order chi connectivity index (χ0) is 27.5. The standard InChI is InChI=1S/C29H37N3O6/c1-6-8-17-35-29(34)38-27-21(5)32-20(4)26(37-28(33)31-19(3)7-2)25(27)23-14-9-10-15-24(23)36-18-22-13-11-12-16-30-22/h9-16,19,25,32H,6-8,17-18H2,1-5H3,(H,31,33). The van der Waals surface area contributed by atoms with Gasteiger partial charge in [-0.1, -0.05) is 44.5 Å². The average Bonchev–Trinajstić information content (AvgIpc) is 2.91. The van der Waals surface area contributed by atoms with Crippen molar-refractivity contribution < 1.29 is 28.5 Å². The number of carbonyl (C=O) groups is 2. The lowest BCUT2D eigenvalue weighted by Crippen LogP contribution is -2.35. The molecule has 2 atom stereocenters. The lowest BCUT2D eigenvalue weighted by atomic mass is 9.90. The molecule has 3 rings (SSSR count). The van der Waals surface area contributed by atoms with E-state index in [1.807, 2.05) is 63.2 Å². The Balaban J connectivity index is 1.98. The Morgan fingerprint density at radius 3 is 2.42 bits per heavy atom. The van der Waals surface area contributed by atoms with Gasteiger partial charge in [0, 0.05) is 17.8 Å². The normalized spacial score (nSPS) is 15.9. The quantitative estimate of drug-likeness (QED) is 0.261. The first-order valence-electron chi connectivity index (χ1n) is 13.0. The molecule has 2 heterocycles. The third kappa shape index (κ3) is 7.74. The summed E-state index contributed by atoms with van der Waals surface area (Å²) < 4.78 is 23.0. The van der Waals surface area contributed by atoms with Gasteiger partial charge in [0.15, 0.2) is 0 Å². The molecule has 0 aliphatic carbocycles. The number of carbonyl (C=O) groups excluding carboxylic acids is 2. The van der Waals surface area contributed by atoms with Gasteiger partial charge in [-0.2, -0.15) is 0 Å². The molecule has 2 N–H and O–H groups in total. The fourth-order valence-electron chi connectivity index (χ4n) is 3.85. The number of amides is 1. The minimum atomic E-state index is -0.825. The van der Waals surface area contributed by atoms with E-state index in [0.717, 1.165) is 25.0 Å². The number of allylic oxidation sites excluding steroid dienone is 2. The number of benzene rings is 1. The molecule has 0 bridgehead atoms. The third-order valence-corrected chi connectivity index (χ3v) is 6.06. The molecular formula is C29H37N3O6. The van der Waals surface area contributed by atoms with Gasteiger partial charge >= 0.3 is 12.2 Å². The van der Waals surface area contributed by atoms with Crippen LogP contribution in [0, 0.1) is 0 Å². The Morgan fingerprint density at radius 1 is 1.03 bits per heavy atom. The monoisotopic (exact) mass is 523 g/mol. The number of nitrogens with zero attached hydrogens (tertiary/aromatic N) is 1. The van der Waals surface area contributed by atoms with E-state index in [4.69, 9.17) is 18.9 Å². The molecule has 0 saturated carbocycles. The SMILES string of the molecule is CCCCOC(=O)OC1=C(C)NC(C)=C(OC(=O)NC(C)CC)C1c1ccccc1OCc1ccccn1. The van der Waals surface area contributed by atoms with Crippen LogP contribution in [-0.4, -0.2) is 29.9 Å². The van der Waals surface area contributed by atoms with Crippen LogP contribution in [0.15, 0.2) is 71.6 Å². The summed E-state index contributed by atoms with van der Waals surface area (Å²) in [5.74, 6) is 0.339. The molecule has 0 saturated heterocycles. The fraction of sp³-hybridized carbons (Fsp3) is 0.414. The minimum Gasteiger partial charge on any atom is -0.487 e. The van der Waals surface area contributed by atoms with Crippen molar-refractivity contribution in [3.05, 3.63) is 82.8 Å². The van der Waals surface area contributed by atoms with Crippen molar-refractivity contribution in [3.63, 3.8) is 0 Å². The molecule has 0 radical (unpaired) electrons. The number of hydrogen-bond donors (Lipinski definition) is 2. The van der Waals surface area contributed by atoms with Crippen LogP contribution in [0.25, 0.3) is 0 Å². The third-order valence-electron chi connectivity index (χ3n) is 6.06. The lowest BCUT2D eigenvalue weighted by molar-refractivity contribution is 0.0693. The molecule has 204 valence electrons. The van der Waals surface area contributed by atoms with E-state index in [1.165, 1.54) is 0 Å². The van der Waals surface area contributed by atoms with Crippen LogP contribution in [0.5, 0.6) is 5.75 Å². The molecule has 1 aliphatic rings. The molecular weight excluding hydrogens is 486 g/mol. The summed E-state index contributed by atoms with van der Waals surface area (Å²) in [6.45, 7) is 9.94. The first-order valence-corrected chi connectivity index (χ1v) is 13.0. The summed E-state index contributed by atoms with van der Waals surface area (Å²) >= 11 is 0. The number of dihydropyridines is 1. The smallest absolute Gasteiger partial charge is 0.487 e. The number of alkyl carbamates (subject to hydrolysis) is 1. The van der Waals surface area contributed by atoms with Crippen LogP contribution in [-0.2, 0) is 20.8 Å². The van der Waals surface area contributed by atoms with Gasteiger partial charge in [0.1, 0.15) is 29.8 Å². The number of aromatic nitrogens is 1. The van der Waals surface area contributed by atoms with Gasteiger partial charge in [-0.15, -0.1) is 0 Å². The van der Waals surface area contributed by atoms with E-state index in [-0.39, 0.29) is 25.0 Å². The number of unbranched alkanes of at least 4 members (excludes halogenated alkanes) is 1. The Bertz CT molecular complexity index is 1160. The summed E-state index contributed by atoms with van der Waals surface area (Å²) in [6, 6.07) is 12.9. The van der Waals surface area contributed by atoms with Gasteiger partial charge in [-0.05, 0) is 51.8 Å². The van der Waals surface area contributed by atoms with E-state index < -0.39 is 18.2 Å². The molecule has 1 aliphatic heterocycles. The molecule has 1 aromatic carbocycles. The Morgan fingerprint density at radius 2 is 1.74 bits per heavy atom. The van der Waals surface area contributed by atoms with Crippen molar-refractivity contribution in [1.29, 1.82) is 0 Å². The fourth-order valence-corrected chi connectivity index (χ4v) is 3.85. The molecule has 2 aromatic rings. The maximum absolute atomic E-state index is 12.8. The molecule has 1 aromatic heterocycles. The van der Waals surface area contributed by atoms with Crippen LogP contribution in [0.1, 0.15) is 71.1 Å². The maximum atomic E-state index is 12.8. The summed E-state index contributed by atoms with van der Waals surface area (Å²) in [5.41, 5.74) is 2.62. The maximum Gasteiger partial charge on any atom is 0.513 e. The van der Waals surface area contributed by atoms with Crippen molar-refractivity contribution >= 4 is 12.2 Å². The number of rotatable bonds is 11. The number of hydrogen-bond acceptors (Lipinski definition) is 8. The number of ether oxygens (including phenoxy) is 4. The van der Waals surface area contributed by atoms with Crippen molar-refractivity contribution in [2.75, 3.05) is 6.61 Å². The van der Waals surface area contributed by atoms with E-state index in [0.29, 0.717) is 28.5 Å². The summed E-state index contributed by atoms with van der Waals surface area (Å²) in [4.78, 5) is 29.7. The molecule has 2 unspecified atom stereocenters. The van der Waals surface area contributed by atoms with E-state index >= 15 is 0 Å². The van der Waals surface area contributed by atoms with Crippen molar-refractivity contribution in [2.45, 2.75) is 72.4 Å². The molecule has 0 spiro atoms. The second-order valence-corrected chi connectivity index (χ2v) is 9.08. The highest BCUT2D eigenvalue weighted by Crippen LogP contribution is 2.43. The van der Waals surface area contributed by atoms with Crippen LogP contribution in [0.3, 0.4) is 0 Å². The van der Waals surface area contributed by atoms with Crippen LogP contribution < -0.4 is 15.4 Å². The highest BCUT2D eigenvalue weighted by molar-refractivity contribution is 5.70. The predicted molar refractivity (Wildman–Crippen MR) is 143 cm³/mol. The minimum absolute atomic E-state index is 0.0751. The van der Waals surface area contributed by atoms with Gasteiger partial charge in [0.05, 0.1) is 23.7 Å². The first-order chi connectivity index (χ1) is 18.3. The average molecular weight is 524 g/mol.